The molecule has 130 valence electrons. The van der Waals surface area contributed by atoms with Crippen LogP contribution < -0.4 is 10.2 Å². The van der Waals surface area contributed by atoms with Crippen LogP contribution in [0.15, 0.2) is 24.3 Å². The first-order valence-electron chi connectivity index (χ1n) is 9.11. The Morgan fingerprint density at radius 2 is 2.00 bits per heavy atom. The van der Waals surface area contributed by atoms with Gasteiger partial charge in [0.15, 0.2) is 0 Å². The number of nitrogens with zero attached hydrogens (tertiary/aromatic N) is 1. The fourth-order valence-corrected chi connectivity index (χ4v) is 4.46. The predicted molar refractivity (Wildman–Crippen MR) is 92.3 cm³/mol. The molecule has 2 atom stereocenters. The number of nitrogens with one attached hydrogen (secondary N) is 1. The molecule has 2 heterocycles. The van der Waals surface area contributed by atoms with Crippen LogP contribution in [0.1, 0.15) is 42.5 Å². The Morgan fingerprint density at radius 1 is 1.25 bits per heavy atom. The summed E-state index contributed by atoms with van der Waals surface area (Å²) in [6.45, 7) is 3.49. The summed E-state index contributed by atoms with van der Waals surface area (Å²) in [6.07, 6.45) is 4.43. The summed E-state index contributed by atoms with van der Waals surface area (Å²) in [5.41, 5.74) is 1.66. The number of hydrogen-bond acceptors (Lipinski definition) is 4. The summed E-state index contributed by atoms with van der Waals surface area (Å²) in [7, 11) is 0. The molecule has 5 heteroatoms. The van der Waals surface area contributed by atoms with Gasteiger partial charge < -0.3 is 20.1 Å². The first-order chi connectivity index (χ1) is 11.7. The zero-order valence-electron chi connectivity index (χ0n) is 14.0. The van der Waals surface area contributed by atoms with E-state index in [-0.39, 0.29) is 23.5 Å². The Hall–Kier alpha value is -1.59. The van der Waals surface area contributed by atoms with Crippen molar-refractivity contribution in [2.45, 2.75) is 44.2 Å². The van der Waals surface area contributed by atoms with Gasteiger partial charge in [-0.25, -0.2) is 0 Å². The molecule has 5 nitrogen and oxygen atoms in total. The van der Waals surface area contributed by atoms with Crippen molar-refractivity contribution in [3.8, 4) is 0 Å². The molecule has 1 aromatic carbocycles. The van der Waals surface area contributed by atoms with Gasteiger partial charge >= 0.3 is 0 Å². The molecule has 3 fully saturated rings. The van der Waals surface area contributed by atoms with Gasteiger partial charge in [-0.05, 0) is 50.3 Å². The average molecular weight is 330 g/mol. The summed E-state index contributed by atoms with van der Waals surface area (Å²) >= 11 is 0. The highest BCUT2D eigenvalue weighted by atomic mass is 16.5. The standard InChI is InChI=1S/C19H26N2O3/c22-17-13-16(19(17)6-10-24-11-7-19)20-18(23)14-4-3-5-15(12-14)21-8-1-2-9-21/h3-5,12,16-17,22H,1-2,6-11,13H2,(H,20,23)/t16-,17-/m1/s1. The van der Waals surface area contributed by atoms with Gasteiger partial charge in [0.05, 0.1) is 6.10 Å². The lowest BCUT2D eigenvalue weighted by Gasteiger charge is -2.55. The van der Waals surface area contributed by atoms with Crippen LogP contribution in [0.25, 0.3) is 0 Å². The SMILES string of the molecule is O=C(N[C@@H]1C[C@@H](O)C12CCOCC2)c1cccc(N2CCCC2)c1. The number of aliphatic hydroxyl groups is 1. The van der Waals surface area contributed by atoms with Crippen LogP contribution in [0.2, 0.25) is 0 Å². The molecule has 0 unspecified atom stereocenters. The highest BCUT2D eigenvalue weighted by Gasteiger charge is 2.55. The fraction of sp³-hybridized carbons (Fsp3) is 0.632. The van der Waals surface area contributed by atoms with Gasteiger partial charge in [0, 0.05) is 49.0 Å². The molecule has 2 N–H and O–H groups in total. The summed E-state index contributed by atoms with van der Waals surface area (Å²) < 4.78 is 5.43. The van der Waals surface area contributed by atoms with Crippen LogP contribution in [0.4, 0.5) is 5.69 Å². The van der Waals surface area contributed by atoms with E-state index < -0.39 is 0 Å². The van der Waals surface area contributed by atoms with Gasteiger partial charge in [0.25, 0.3) is 5.91 Å². The zero-order valence-corrected chi connectivity index (χ0v) is 14.0. The number of carbonyl (C=O) groups is 1. The molecule has 1 saturated carbocycles. The van der Waals surface area contributed by atoms with Crippen LogP contribution in [0.5, 0.6) is 0 Å². The molecule has 2 aliphatic heterocycles. The molecule has 0 radical (unpaired) electrons. The predicted octanol–water partition coefficient (Wildman–Crippen LogP) is 1.95. The van der Waals surface area contributed by atoms with E-state index in [2.05, 4.69) is 16.3 Å². The topological polar surface area (TPSA) is 61.8 Å². The van der Waals surface area contributed by atoms with Gasteiger partial charge in [-0.1, -0.05) is 6.07 Å². The van der Waals surface area contributed by atoms with Gasteiger partial charge in [-0.15, -0.1) is 0 Å². The summed E-state index contributed by atoms with van der Waals surface area (Å²) in [5, 5.41) is 13.4. The normalized spacial score (nSPS) is 28.6. The average Bonchev–Trinajstić information content (AvgIpc) is 3.17. The van der Waals surface area contributed by atoms with Crippen molar-refractivity contribution in [1.82, 2.24) is 5.32 Å². The summed E-state index contributed by atoms with van der Waals surface area (Å²) in [6, 6.07) is 7.96. The Labute approximate surface area is 143 Å². The Kier molecular flexibility index (Phi) is 4.22. The van der Waals surface area contributed by atoms with Crippen LogP contribution in [-0.2, 0) is 4.74 Å². The molecular weight excluding hydrogens is 304 g/mol. The van der Waals surface area contributed by atoms with Crippen molar-refractivity contribution < 1.29 is 14.6 Å². The third-order valence-corrected chi connectivity index (χ3v) is 6.13. The molecule has 0 bridgehead atoms. The van der Waals surface area contributed by atoms with Gasteiger partial charge in [-0.2, -0.15) is 0 Å². The van der Waals surface area contributed by atoms with Crippen LogP contribution in [-0.4, -0.2) is 49.5 Å². The molecule has 1 aliphatic carbocycles. The Bertz CT molecular complexity index is 606. The number of hydrogen-bond donors (Lipinski definition) is 2. The third-order valence-electron chi connectivity index (χ3n) is 6.13. The molecule has 3 aliphatic rings. The van der Waals surface area contributed by atoms with Gasteiger partial charge in [0.1, 0.15) is 0 Å². The smallest absolute Gasteiger partial charge is 0.251 e. The first-order valence-corrected chi connectivity index (χ1v) is 9.11. The molecule has 1 aromatic rings. The number of aliphatic hydroxyl groups excluding tert-OH is 1. The van der Waals surface area contributed by atoms with Crippen LogP contribution in [0, 0.1) is 5.41 Å². The Morgan fingerprint density at radius 3 is 2.71 bits per heavy atom. The molecule has 24 heavy (non-hydrogen) atoms. The van der Waals surface area contributed by atoms with Crippen molar-refractivity contribution in [3.05, 3.63) is 29.8 Å². The van der Waals surface area contributed by atoms with Crippen molar-refractivity contribution in [2.24, 2.45) is 5.41 Å². The molecule has 1 amide bonds. The monoisotopic (exact) mass is 330 g/mol. The van der Waals surface area contributed by atoms with Crippen LogP contribution in [0.3, 0.4) is 0 Å². The van der Waals surface area contributed by atoms with E-state index in [1.165, 1.54) is 12.8 Å². The van der Waals surface area contributed by atoms with Crippen molar-refractivity contribution in [3.63, 3.8) is 0 Å². The summed E-state index contributed by atoms with van der Waals surface area (Å²) in [4.78, 5) is 15.0. The largest absolute Gasteiger partial charge is 0.392 e. The first kappa shape index (κ1) is 15.9. The number of rotatable bonds is 3. The second-order valence-corrected chi connectivity index (χ2v) is 7.37. The lowest BCUT2D eigenvalue weighted by molar-refractivity contribution is -0.145. The van der Waals surface area contributed by atoms with Crippen molar-refractivity contribution >= 4 is 11.6 Å². The third kappa shape index (κ3) is 2.70. The lowest BCUT2D eigenvalue weighted by Crippen LogP contribution is -2.65. The van der Waals surface area contributed by atoms with Crippen molar-refractivity contribution in [1.29, 1.82) is 0 Å². The van der Waals surface area contributed by atoms with E-state index in [9.17, 15) is 9.90 Å². The molecular formula is C19H26N2O3. The van der Waals surface area contributed by atoms with Gasteiger partial charge in [-0.3, -0.25) is 4.79 Å². The number of anilines is 1. The molecule has 1 spiro atoms. The maximum absolute atomic E-state index is 12.7. The van der Waals surface area contributed by atoms with Gasteiger partial charge in [0.2, 0.25) is 0 Å². The van der Waals surface area contributed by atoms with E-state index in [4.69, 9.17) is 4.74 Å². The fourth-order valence-electron chi connectivity index (χ4n) is 4.46. The van der Waals surface area contributed by atoms with E-state index in [0.717, 1.165) is 31.6 Å². The highest BCUT2D eigenvalue weighted by Crippen LogP contribution is 2.49. The maximum atomic E-state index is 12.7. The molecule has 4 rings (SSSR count). The zero-order chi connectivity index (χ0) is 16.6. The minimum atomic E-state index is -0.317. The molecule has 2 saturated heterocycles. The van der Waals surface area contributed by atoms with E-state index >= 15 is 0 Å². The maximum Gasteiger partial charge on any atom is 0.251 e. The number of benzene rings is 1. The second kappa shape index (κ2) is 6.37. The number of amides is 1. The highest BCUT2D eigenvalue weighted by molar-refractivity contribution is 5.95. The van der Waals surface area contributed by atoms with E-state index in [1.54, 1.807) is 0 Å². The second-order valence-electron chi connectivity index (χ2n) is 7.37. The van der Waals surface area contributed by atoms with E-state index in [1.807, 2.05) is 18.2 Å². The minimum absolute atomic E-state index is 0.0289. The number of ether oxygens (including phenoxy) is 1. The molecule has 0 aromatic heterocycles. The minimum Gasteiger partial charge on any atom is -0.392 e. The summed E-state index contributed by atoms with van der Waals surface area (Å²) in [5.74, 6) is -0.0289. The van der Waals surface area contributed by atoms with Crippen molar-refractivity contribution in [2.75, 3.05) is 31.2 Å². The quantitative estimate of drug-likeness (QED) is 0.889. The van der Waals surface area contributed by atoms with E-state index in [0.29, 0.717) is 25.2 Å². The van der Waals surface area contributed by atoms with Crippen LogP contribution >= 0.6 is 0 Å². The lowest BCUT2D eigenvalue weighted by atomic mass is 9.58. The Balaban J connectivity index is 1.45. The number of carbonyl (C=O) groups excluding carboxylic acids is 1.